The molecule has 8 nitrogen and oxygen atoms in total. The van der Waals surface area contributed by atoms with Gasteiger partial charge >= 0.3 is 5.97 Å². The fraction of sp³-hybridized carbons (Fsp3) is 0.391. The summed E-state index contributed by atoms with van der Waals surface area (Å²) in [6.45, 7) is 2.11. The summed E-state index contributed by atoms with van der Waals surface area (Å²) in [4.78, 5) is 28.6. The zero-order valence-corrected chi connectivity index (χ0v) is 17.7. The third-order valence-corrected chi connectivity index (χ3v) is 5.97. The van der Waals surface area contributed by atoms with Crippen LogP contribution in [0.4, 0.5) is 11.4 Å². The van der Waals surface area contributed by atoms with Gasteiger partial charge in [0.1, 0.15) is 5.70 Å². The number of ether oxygens (including phenoxy) is 1. The standard InChI is InChI=1S/C23H28N4O4/c1-31-23(30)20-16-27(14-15-28)22(29)21(20)24-17-4-6-18(7-5-17)26-12-8-19(9-13-26)25-10-2-3-11-25/h2-7,10-11,19,24,28H,8-9,12-16H2,1H3. The van der Waals surface area contributed by atoms with Gasteiger partial charge in [0.25, 0.3) is 5.91 Å². The minimum Gasteiger partial charge on any atom is -0.466 e. The summed E-state index contributed by atoms with van der Waals surface area (Å²) in [7, 11) is 1.29. The topological polar surface area (TPSA) is 87.0 Å². The smallest absolute Gasteiger partial charge is 0.337 e. The van der Waals surface area contributed by atoms with Crippen molar-refractivity contribution in [3.63, 3.8) is 0 Å². The number of esters is 1. The number of hydrogen-bond acceptors (Lipinski definition) is 6. The van der Waals surface area contributed by atoms with Gasteiger partial charge in [-0.25, -0.2) is 4.79 Å². The minimum atomic E-state index is -0.543. The van der Waals surface area contributed by atoms with E-state index in [1.165, 1.54) is 12.0 Å². The Kier molecular flexibility index (Phi) is 6.27. The lowest BCUT2D eigenvalue weighted by Crippen LogP contribution is -2.34. The zero-order chi connectivity index (χ0) is 21.8. The number of aromatic nitrogens is 1. The summed E-state index contributed by atoms with van der Waals surface area (Å²) in [5.74, 6) is -0.857. The summed E-state index contributed by atoms with van der Waals surface area (Å²) in [6, 6.07) is 12.6. The Morgan fingerprint density at radius 3 is 2.45 bits per heavy atom. The molecule has 0 radical (unpaired) electrons. The minimum absolute atomic E-state index is 0.128. The number of nitrogens with one attached hydrogen (secondary N) is 1. The largest absolute Gasteiger partial charge is 0.466 e. The quantitative estimate of drug-likeness (QED) is 0.662. The van der Waals surface area contributed by atoms with Gasteiger partial charge in [0.2, 0.25) is 0 Å². The summed E-state index contributed by atoms with van der Waals surface area (Å²) in [6.07, 6.45) is 6.45. The molecular formula is C23H28N4O4. The van der Waals surface area contributed by atoms with Gasteiger partial charge in [-0.2, -0.15) is 0 Å². The molecule has 2 N–H and O–H groups in total. The molecule has 2 aliphatic rings. The molecule has 0 aliphatic carbocycles. The van der Waals surface area contributed by atoms with Crippen LogP contribution in [0.2, 0.25) is 0 Å². The summed E-state index contributed by atoms with van der Waals surface area (Å²) >= 11 is 0. The van der Waals surface area contributed by atoms with Crippen LogP contribution in [0.3, 0.4) is 0 Å². The Labute approximate surface area is 181 Å². The van der Waals surface area contributed by atoms with Crippen LogP contribution in [0.1, 0.15) is 18.9 Å². The van der Waals surface area contributed by atoms with E-state index in [9.17, 15) is 14.7 Å². The number of aliphatic hydroxyl groups is 1. The number of anilines is 2. The number of rotatable bonds is 7. The average Bonchev–Trinajstić information content (AvgIpc) is 3.44. The molecule has 0 bridgehead atoms. The van der Waals surface area contributed by atoms with Crippen molar-refractivity contribution < 1.29 is 19.4 Å². The predicted octanol–water partition coefficient (Wildman–Crippen LogP) is 2.00. The number of hydrogen-bond donors (Lipinski definition) is 2. The second-order valence-corrected chi connectivity index (χ2v) is 7.82. The van der Waals surface area contributed by atoms with Gasteiger partial charge < -0.3 is 29.5 Å². The molecule has 164 valence electrons. The Hall–Kier alpha value is -3.26. The van der Waals surface area contributed by atoms with Crippen LogP contribution in [0.5, 0.6) is 0 Å². The van der Waals surface area contributed by atoms with Crippen LogP contribution >= 0.6 is 0 Å². The lowest BCUT2D eigenvalue weighted by Gasteiger charge is -2.34. The average molecular weight is 425 g/mol. The van der Waals surface area contributed by atoms with E-state index >= 15 is 0 Å². The van der Waals surface area contributed by atoms with Crippen molar-refractivity contribution in [1.82, 2.24) is 9.47 Å². The van der Waals surface area contributed by atoms with Crippen LogP contribution in [-0.2, 0) is 14.3 Å². The number of carbonyl (C=O) groups is 2. The van der Waals surface area contributed by atoms with Gasteiger partial charge in [-0.3, -0.25) is 4.79 Å². The summed E-state index contributed by atoms with van der Waals surface area (Å²) in [5, 5.41) is 12.3. The third kappa shape index (κ3) is 4.44. The first-order valence-electron chi connectivity index (χ1n) is 10.6. The number of aliphatic hydroxyl groups excluding tert-OH is 1. The van der Waals surface area contributed by atoms with E-state index in [1.54, 1.807) is 0 Å². The van der Waals surface area contributed by atoms with Crippen LogP contribution in [0.15, 0.2) is 60.1 Å². The van der Waals surface area contributed by atoms with Gasteiger partial charge in [0.15, 0.2) is 0 Å². The number of β-amino-alcohol motifs (C(OH)–C–C–N with tert-alkyl or cyclic N) is 1. The number of amides is 1. The van der Waals surface area contributed by atoms with Gasteiger partial charge in [-0.15, -0.1) is 0 Å². The molecule has 1 aromatic carbocycles. The molecule has 1 saturated heterocycles. The maximum Gasteiger partial charge on any atom is 0.337 e. The molecule has 1 fully saturated rings. The van der Waals surface area contributed by atoms with E-state index in [-0.39, 0.29) is 36.9 Å². The molecule has 8 heteroatoms. The van der Waals surface area contributed by atoms with Crippen molar-refractivity contribution in [2.24, 2.45) is 0 Å². The van der Waals surface area contributed by atoms with E-state index in [1.807, 2.05) is 24.3 Å². The van der Waals surface area contributed by atoms with E-state index in [0.29, 0.717) is 6.04 Å². The van der Waals surface area contributed by atoms with Crippen LogP contribution in [-0.4, -0.2) is 66.3 Å². The number of benzene rings is 1. The van der Waals surface area contributed by atoms with Gasteiger partial charge in [0, 0.05) is 49.4 Å². The van der Waals surface area contributed by atoms with Crippen LogP contribution < -0.4 is 10.2 Å². The highest BCUT2D eigenvalue weighted by molar-refractivity contribution is 6.08. The molecule has 0 unspecified atom stereocenters. The lowest BCUT2D eigenvalue weighted by atomic mass is 10.0. The monoisotopic (exact) mass is 424 g/mol. The number of methoxy groups -OCH3 is 1. The van der Waals surface area contributed by atoms with E-state index in [0.717, 1.165) is 37.3 Å². The molecule has 4 rings (SSSR count). The van der Waals surface area contributed by atoms with Crippen molar-refractivity contribution in [3.8, 4) is 0 Å². The summed E-state index contributed by atoms with van der Waals surface area (Å²) < 4.78 is 7.11. The maximum absolute atomic E-state index is 12.6. The molecule has 1 amide bonds. The van der Waals surface area contributed by atoms with Crippen molar-refractivity contribution in [1.29, 1.82) is 0 Å². The van der Waals surface area contributed by atoms with E-state index in [2.05, 4.69) is 39.3 Å². The Morgan fingerprint density at radius 1 is 1.16 bits per heavy atom. The number of carbonyl (C=O) groups excluding carboxylic acids is 2. The maximum atomic E-state index is 12.6. The number of piperidine rings is 1. The molecule has 0 saturated carbocycles. The second kappa shape index (κ2) is 9.26. The van der Waals surface area contributed by atoms with Crippen molar-refractivity contribution >= 4 is 23.3 Å². The first-order valence-corrected chi connectivity index (χ1v) is 10.6. The molecule has 3 heterocycles. The Bertz CT molecular complexity index is 944. The van der Waals surface area contributed by atoms with Gasteiger partial charge in [-0.05, 0) is 49.2 Å². The zero-order valence-electron chi connectivity index (χ0n) is 17.7. The van der Waals surface area contributed by atoms with Gasteiger partial charge in [0.05, 0.1) is 25.8 Å². The van der Waals surface area contributed by atoms with E-state index < -0.39 is 5.97 Å². The highest BCUT2D eigenvalue weighted by Crippen LogP contribution is 2.28. The predicted molar refractivity (Wildman–Crippen MR) is 118 cm³/mol. The van der Waals surface area contributed by atoms with Crippen LogP contribution in [0, 0.1) is 0 Å². The summed E-state index contributed by atoms with van der Waals surface area (Å²) in [5.41, 5.74) is 2.35. The van der Waals surface area contributed by atoms with Crippen molar-refractivity contribution in [2.45, 2.75) is 18.9 Å². The fourth-order valence-electron chi connectivity index (χ4n) is 4.26. The lowest BCUT2D eigenvalue weighted by molar-refractivity contribution is -0.136. The molecule has 0 atom stereocenters. The SMILES string of the molecule is COC(=O)C1=C(Nc2ccc(N3CCC(n4cccc4)CC3)cc2)C(=O)N(CCO)C1. The third-order valence-electron chi connectivity index (χ3n) is 5.97. The molecule has 2 aliphatic heterocycles. The Morgan fingerprint density at radius 2 is 1.84 bits per heavy atom. The van der Waals surface area contributed by atoms with Crippen molar-refractivity contribution in [2.75, 3.05) is 50.1 Å². The first kappa shape index (κ1) is 21.0. The van der Waals surface area contributed by atoms with Gasteiger partial charge in [-0.1, -0.05) is 0 Å². The van der Waals surface area contributed by atoms with E-state index in [4.69, 9.17) is 4.74 Å². The molecule has 1 aromatic heterocycles. The molecule has 31 heavy (non-hydrogen) atoms. The highest BCUT2D eigenvalue weighted by Gasteiger charge is 2.34. The Balaban J connectivity index is 1.42. The molecule has 2 aromatic rings. The highest BCUT2D eigenvalue weighted by atomic mass is 16.5. The molecular weight excluding hydrogens is 396 g/mol. The van der Waals surface area contributed by atoms with Crippen LogP contribution in [0.25, 0.3) is 0 Å². The normalized spacial score (nSPS) is 17.4. The molecule has 0 spiro atoms. The fourth-order valence-corrected chi connectivity index (χ4v) is 4.26. The second-order valence-electron chi connectivity index (χ2n) is 7.82. The van der Waals surface area contributed by atoms with Crippen molar-refractivity contribution in [3.05, 3.63) is 60.1 Å². The number of nitrogens with zero attached hydrogens (tertiary/aromatic N) is 3. The first-order chi connectivity index (χ1) is 15.1.